The van der Waals surface area contributed by atoms with Crippen LogP contribution in [0.2, 0.25) is 0 Å². The predicted molar refractivity (Wildman–Crippen MR) is 48.5 cm³/mol. The van der Waals surface area contributed by atoms with Crippen molar-refractivity contribution in [1.29, 1.82) is 0 Å². The summed E-state index contributed by atoms with van der Waals surface area (Å²) in [5.41, 5.74) is 0. The van der Waals surface area contributed by atoms with E-state index in [0.717, 1.165) is 13.0 Å². The van der Waals surface area contributed by atoms with E-state index >= 15 is 0 Å². The van der Waals surface area contributed by atoms with Gasteiger partial charge in [0.25, 0.3) is 0 Å². The van der Waals surface area contributed by atoms with E-state index in [2.05, 4.69) is 6.92 Å². The van der Waals surface area contributed by atoms with Crippen molar-refractivity contribution in [3.8, 4) is 0 Å². The zero-order valence-electron chi connectivity index (χ0n) is 7.94. The Morgan fingerprint density at radius 3 is 2.85 bits per heavy atom. The SMILES string of the molecule is CC1CCN(CCO)C(C(=O)O)C1. The van der Waals surface area contributed by atoms with E-state index in [1.54, 1.807) is 0 Å². The highest BCUT2D eigenvalue weighted by atomic mass is 16.4. The minimum Gasteiger partial charge on any atom is -0.480 e. The van der Waals surface area contributed by atoms with Gasteiger partial charge in [-0.05, 0) is 25.3 Å². The molecule has 4 heteroatoms. The Morgan fingerprint density at radius 1 is 1.62 bits per heavy atom. The van der Waals surface area contributed by atoms with Crippen molar-refractivity contribution in [2.24, 2.45) is 5.92 Å². The maximum absolute atomic E-state index is 10.9. The minimum absolute atomic E-state index is 0.0398. The van der Waals surface area contributed by atoms with Crippen LogP contribution >= 0.6 is 0 Å². The van der Waals surface area contributed by atoms with Crippen LogP contribution in [-0.2, 0) is 4.79 Å². The fourth-order valence-electron chi connectivity index (χ4n) is 1.84. The molecule has 0 aliphatic carbocycles. The van der Waals surface area contributed by atoms with E-state index in [9.17, 15) is 4.79 Å². The lowest BCUT2D eigenvalue weighted by Crippen LogP contribution is -2.47. The Bertz CT molecular complexity index is 184. The highest BCUT2D eigenvalue weighted by Crippen LogP contribution is 2.21. The molecule has 0 aromatic heterocycles. The number of aliphatic hydroxyl groups is 1. The van der Waals surface area contributed by atoms with Crippen LogP contribution in [0.5, 0.6) is 0 Å². The molecule has 2 atom stereocenters. The Labute approximate surface area is 78.2 Å². The van der Waals surface area contributed by atoms with Crippen molar-refractivity contribution in [1.82, 2.24) is 4.90 Å². The molecular formula is C9H17NO3. The van der Waals surface area contributed by atoms with Gasteiger partial charge >= 0.3 is 5.97 Å². The lowest BCUT2D eigenvalue weighted by Gasteiger charge is -2.35. The Morgan fingerprint density at radius 2 is 2.31 bits per heavy atom. The Hall–Kier alpha value is -0.610. The third-order valence-electron chi connectivity index (χ3n) is 2.65. The first-order chi connectivity index (χ1) is 6.15. The topological polar surface area (TPSA) is 60.8 Å². The number of nitrogens with zero attached hydrogens (tertiary/aromatic N) is 1. The van der Waals surface area contributed by atoms with Crippen molar-refractivity contribution in [2.75, 3.05) is 19.7 Å². The summed E-state index contributed by atoms with van der Waals surface area (Å²) >= 11 is 0. The van der Waals surface area contributed by atoms with E-state index in [4.69, 9.17) is 10.2 Å². The normalized spacial score (nSPS) is 30.3. The number of rotatable bonds is 3. The van der Waals surface area contributed by atoms with Gasteiger partial charge in [-0.2, -0.15) is 0 Å². The summed E-state index contributed by atoms with van der Waals surface area (Å²) in [5, 5.41) is 17.7. The van der Waals surface area contributed by atoms with Crippen LogP contribution in [0.4, 0.5) is 0 Å². The molecule has 1 fully saturated rings. The van der Waals surface area contributed by atoms with Crippen LogP contribution in [0.3, 0.4) is 0 Å². The lowest BCUT2D eigenvalue weighted by molar-refractivity contribution is -0.145. The number of aliphatic hydroxyl groups excluding tert-OH is 1. The molecular weight excluding hydrogens is 170 g/mol. The van der Waals surface area contributed by atoms with Crippen LogP contribution in [-0.4, -0.2) is 46.8 Å². The van der Waals surface area contributed by atoms with E-state index in [1.807, 2.05) is 4.90 Å². The average Bonchev–Trinajstić information content (AvgIpc) is 2.08. The summed E-state index contributed by atoms with van der Waals surface area (Å²) in [6.07, 6.45) is 1.74. The largest absolute Gasteiger partial charge is 0.480 e. The summed E-state index contributed by atoms with van der Waals surface area (Å²) in [5.74, 6) is -0.281. The zero-order chi connectivity index (χ0) is 9.84. The molecule has 76 valence electrons. The van der Waals surface area contributed by atoms with Crippen LogP contribution in [0.1, 0.15) is 19.8 Å². The molecule has 1 aliphatic heterocycles. The van der Waals surface area contributed by atoms with Crippen LogP contribution in [0, 0.1) is 5.92 Å². The van der Waals surface area contributed by atoms with E-state index in [-0.39, 0.29) is 6.61 Å². The smallest absolute Gasteiger partial charge is 0.320 e. The van der Waals surface area contributed by atoms with Gasteiger partial charge in [-0.3, -0.25) is 9.69 Å². The number of piperidine rings is 1. The molecule has 0 radical (unpaired) electrons. The molecule has 0 spiro atoms. The number of carbonyl (C=O) groups is 1. The fourth-order valence-corrected chi connectivity index (χ4v) is 1.84. The number of hydrogen-bond donors (Lipinski definition) is 2. The van der Waals surface area contributed by atoms with Gasteiger partial charge in [0.1, 0.15) is 6.04 Å². The maximum atomic E-state index is 10.9. The molecule has 1 saturated heterocycles. The fraction of sp³-hybridized carbons (Fsp3) is 0.889. The molecule has 2 unspecified atom stereocenters. The van der Waals surface area contributed by atoms with E-state index in [1.165, 1.54) is 0 Å². The number of carboxylic acids is 1. The average molecular weight is 187 g/mol. The predicted octanol–water partition coefficient (Wildman–Crippen LogP) is 0.164. The molecule has 0 amide bonds. The summed E-state index contributed by atoms with van der Waals surface area (Å²) in [6.45, 7) is 3.38. The maximum Gasteiger partial charge on any atom is 0.320 e. The van der Waals surface area contributed by atoms with Crippen molar-refractivity contribution in [2.45, 2.75) is 25.8 Å². The second-order valence-corrected chi connectivity index (χ2v) is 3.74. The second kappa shape index (κ2) is 4.58. The van der Waals surface area contributed by atoms with Crippen molar-refractivity contribution in [3.05, 3.63) is 0 Å². The van der Waals surface area contributed by atoms with Crippen molar-refractivity contribution in [3.63, 3.8) is 0 Å². The summed E-state index contributed by atoms with van der Waals surface area (Å²) < 4.78 is 0. The molecule has 2 N–H and O–H groups in total. The molecule has 1 heterocycles. The third kappa shape index (κ3) is 2.67. The number of carboxylic acid groups (broad SMARTS) is 1. The van der Waals surface area contributed by atoms with Gasteiger partial charge in [-0.25, -0.2) is 0 Å². The van der Waals surface area contributed by atoms with Gasteiger partial charge in [0.15, 0.2) is 0 Å². The van der Waals surface area contributed by atoms with Crippen molar-refractivity contribution >= 4 is 5.97 Å². The number of likely N-dealkylation sites (tertiary alicyclic amines) is 1. The molecule has 0 bridgehead atoms. The Kier molecular flexibility index (Phi) is 3.69. The van der Waals surface area contributed by atoms with Gasteiger partial charge in [0, 0.05) is 6.54 Å². The van der Waals surface area contributed by atoms with Gasteiger partial charge in [-0.15, -0.1) is 0 Å². The summed E-state index contributed by atoms with van der Waals surface area (Å²) in [4.78, 5) is 12.7. The first-order valence-electron chi connectivity index (χ1n) is 4.73. The highest BCUT2D eigenvalue weighted by Gasteiger charge is 2.30. The van der Waals surface area contributed by atoms with Crippen LogP contribution < -0.4 is 0 Å². The molecule has 1 aliphatic rings. The minimum atomic E-state index is -0.764. The quantitative estimate of drug-likeness (QED) is 0.661. The lowest BCUT2D eigenvalue weighted by atomic mass is 9.92. The number of aliphatic carboxylic acids is 1. The summed E-state index contributed by atoms with van der Waals surface area (Å²) in [7, 11) is 0. The molecule has 0 aromatic carbocycles. The molecule has 0 saturated carbocycles. The molecule has 4 nitrogen and oxygen atoms in total. The molecule has 0 aromatic rings. The highest BCUT2D eigenvalue weighted by molar-refractivity contribution is 5.73. The second-order valence-electron chi connectivity index (χ2n) is 3.74. The van der Waals surface area contributed by atoms with Gasteiger partial charge in [0.2, 0.25) is 0 Å². The molecule has 13 heavy (non-hydrogen) atoms. The standard InChI is InChI=1S/C9H17NO3/c1-7-2-3-10(4-5-11)8(6-7)9(12)13/h7-8,11H,2-6H2,1H3,(H,12,13). The molecule has 1 rings (SSSR count). The first-order valence-corrected chi connectivity index (χ1v) is 4.73. The van der Waals surface area contributed by atoms with Gasteiger partial charge in [-0.1, -0.05) is 6.92 Å². The van der Waals surface area contributed by atoms with E-state index < -0.39 is 12.0 Å². The van der Waals surface area contributed by atoms with Crippen LogP contribution in [0.25, 0.3) is 0 Å². The van der Waals surface area contributed by atoms with Gasteiger partial charge < -0.3 is 10.2 Å². The third-order valence-corrected chi connectivity index (χ3v) is 2.65. The summed E-state index contributed by atoms with van der Waals surface area (Å²) in [6, 6.07) is -0.393. The first kappa shape index (κ1) is 10.5. The monoisotopic (exact) mass is 187 g/mol. The van der Waals surface area contributed by atoms with Crippen LogP contribution in [0.15, 0.2) is 0 Å². The van der Waals surface area contributed by atoms with Crippen molar-refractivity contribution < 1.29 is 15.0 Å². The Balaban J connectivity index is 2.55. The number of β-amino-alcohol motifs (C(OH)–C–C–N with tert-alkyl or cyclic N) is 1. The van der Waals surface area contributed by atoms with E-state index in [0.29, 0.717) is 18.9 Å². The zero-order valence-corrected chi connectivity index (χ0v) is 7.94. The van der Waals surface area contributed by atoms with Gasteiger partial charge in [0.05, 0.1) is 6.61 Å². The number of hydrogen-bond acceptors (Lipinski definition) is 3.